The van der Waals surface area contributed by atoms with Gasteiger partial charge < -0.3 is 9.80 Å². The van der Waals surface area contributed by atoms with Gasteiger partial charge in [-0.1, -0.05) is 25.1 Å². The summed E-state index contributed by atoms with van der Waals surface area (Å²) in [6.45, 7) is 3.31. The van der Waals surface area contributed by atoms with Gasteiger partial charge in [-0.15, -0.1) is 0 Å². The summed E-state index contributed by atoms with van der Waals surface area (Å²) in [4.78, 5) is 16.7. The third-order valence-corrected chi connectivity index (χ3v) is 3.85. The highest BCUT2D eigenvalue weighted by molar-refractivity contribution is 5.95. The molecule has 0 aliphatic heterocycles. The molecule has 0 atom stereocenters. The Morgan fingerprint density at radius 3 is 2.42 bits per heavy atom. The van der Waals surface area contributed by atoms with Crippen LogP contribution in [0.25, 0.3) is 0 Å². The first-order valence-corrected chi connectivity index (χ1v) is 8.11. The number of hydrogen-bond donors (Lipinski definition) is 0. The Bertz CT molecular complexity index is 729. The monoisotopic (exact) mass is 321 g/mol. The van der Waals surface area contributed by atoms with Crippen molar-refractivity contribution in [1.82, 2.24) is 4.90 Å². The molecule has 0 fully saturated rings. The Morgan fingerprint density at radius 1 is 1.12 bits per heavy atom. The van der Waals surface area contributed by atoms with Crippen molar-refractivity contribution in [3.05, 3.63) is 65.2 Å². The van der Waals surface area contributed by atoms with Crippen molar-refractivity contribution in [2.24, 2.45) is 0 Å². The van der Waals surface area contributed by atoms with Crippen molar-refractivity contribution >= 4 is 11.6 Å². The Balaban J connectivity index is 2.21. The number of nitriles is 1. The van der Waals surface area contributed by atoms with Crippen molar-refractivity contribution < 1.29 is 4.79 Å². The average Bonchev–Trinajstić information content (AvgIpc) is 2.61. The van der Waals surface area contributed by atoms with Gasteiger partial charge in [0.15, 0.2) is 0 Å². The van der Waals surface area contributed by atoms with E-state index in [4.69, 9.17) is 5.26 Å². The Kier molecular flexibility index (Phi) is 5.97. The van der Waals surface area contributed by atoms with Crippen molar-refractivity contribution in [2.45, 2.75) is 19.9 Å². The molecule has 0 bridgehead atoms. The topological polar surface area (TPSA) is 47.3 Å². The van der Waals surface area contributed by atoms with E-state index in [1.54, 1.807) is 12.1 Å². The van der Waals surface area contributed by atoms with Gasteiger partial charge in [-0.05, 0) is 42.3 Å². The van der Waals surface area contributed by atoms with E-state index < -0.39 is 0 Å². The van der Waals surface area contributed by atoms with Crippen LogP contribution in [0.4, 0.5) is 5.69 Å². The highest BCUT2D eigenvalue weighted by Crippen LogP contribution is 2.17. The molecule has 0 saturated carbocycles. The van der Waals surface area contributed by atoms with Crippen LogP contribution in [0.5, 0.6) is 0 Å². The average molecular weight is 321 g/mol. The van der Waals surface area contributed by atoms with Crippen molar-refractivity contribution in [3.63, 3.8) is 0 Å². The fourth-order valence-electron chi connectivity index (χ4n) is 2.53. The van der Waals surface area contributed by atoms with E-state index in [0.29, 0.717) is 24.2 Å². The molecule has 1 amide bonds. The second-order valence-electron chi connectivity index (χ2n) is 5.98. The first-order valence-electron chi connectivity index (χ1n) is 8.11. The minimum Gasteiger partial charge on any atom is -0.378 e. The largest absolute Gasteiger partial charge is 0.378 e. The van der Waals surface area contributed by atoms with Crippen LogP contribution in [0.3, 0.4) is 0 Å². The number of anilines is 1. The minimum atomic E-state index is 0.0323. The molecule has 0 aliphatic rings. The summed E-state index contributed by atoms with van der Waals surface area (Å²) in [5, 5.41) is 8.88. The summed E-state index contributed by atoms with van der Waals surface area (Å²) < 4.78 is 0. The van der Waals surface area contributed by atoms with E-state index in [9.17, 15) is 4.79 Å². The summed E-state index contributed by atoms with van der Waals surface area (Å²) in [5.41, 5.74) is 3.37. The quantitative estimate of drug-likeness (QED) is 0.815. The third-order valence-electron chi connectivity index (χ3n) is 3.85. The lowest BCUT2D eigenvalue weighted by molar-refractivity contribution is 0.0743. The van der Waals surface area contributed by atoms with E-state index in [1.165, 1.54) is 0 Å². The zero-order valence-corrected chi connectivity index (χ0v) is 14.5. The number of carbonyl (C=O) groups excluding carboxylic acids is 1. The maximum absolute atomic E-state index is 12.9. The van der Waals surface area contributed by atoms with Crippen molar-refractivity contribution in [1.29, 1.82) is 5.26 Å². The van der Waals surface area contributed by atoms with Crippen LogP contribution < -0.4 is 4.90 Å². The molecule has 0 spiro atoms. The van der Waals surface area contributed by atoms with Gasteiger partial charge >= 0.3 is 0 Å². The zero-order valence-electron chi connectivity index (χ0n) is 14.5. The Morgan fingerprint density at radius 2 is 1.83 bits per heavy atom. The molecule has 0 radical (unpaired) electrons. The number of amides is 1. The fourth-order valence-corrected chi connectivity index (χ4v) is 2.53. The normalized spacial score (nSPS) is 10.1. The summed E-state index contributed by atoms with van der Waals surface area (Å²) in [6.07, 6.45) is 0.898. The number of nitrogens with zero attached hydrogens (tertiary/aromatic N) is 3. The first-order chi connectivity index (χ1) is 11.5. The molecule has 0 aliphatic carbocycles. The van der Waals surface area contributed by atoms with Gasteiger partial charge in [-0.3, -0.25) is 4.79 Å². The van der Waals surface area contributed by atoms with Crippen molar-refractivity contribution in [2.75, 3.05) is 25.5 Å². The number of benzene rings is 2. The molecule has 2 aromatic carbocycles. The molecule has 4 nitrogen and oxygen atoms in total. The second kappa shape index (κ2) is 8.16. The molecule has 24 heavy (non-hydrogen) atoms. The van der Waals surface area contributed by atoms with E-state index in [2.05, 4.69) is 13.0 Å². The standard InChI is InChI=1S/C20H23N3O/c1-4-12-23(15-17-10-8-16(14-21)9-11-17)20(24)18-6-5-7-19(13-18)22(2)3/h5-11,13H,4,12,15H2,1-3H3. The molecule has 0 aromatic heterocycles. The van der Waals surface area contributed by atoms with E-state index in [0.717, 1.165) is 17.7 Å². The molecular weight excluding hydrogens is 298 g/mol. The lowest BCUT2D eigenvalue weighted by Gasteiger charge is -2.23. The summed E-state index contributed by atoms with van der Waals surface area (Å²) >= 11 is 0. The summed E-state index contributed by atoms with van der Waals surface area (Å²) in [6, 6.07) is 17.2. The first kappa shape index (κ1) is 17.6. The SMILES string of the molecule is CCCN(Cc1ccc(C#N)cc1)C(=O)c1cccc(N(C)C)c1. The van der Waals surface area contributed by atoms with Crippen LogP contribution in [0.15, 0.2) is 48.5 Å². The van der Waals surface area contributed by atoms with Crippen LogP contribution in [0, 0.1) is 11.3 Å². The molecule has 0 N–H and O–H groups in total. The minimum absolute atomic E-state index is 0.0323. The van der Waals surface area contributed by atoms with Crippen molar-refractivity contribution in [3.8, 4) is 6.07 Å². The van der Waals surface area contributed by atoms with Crippen LogP contribution >= 0.6 is 0 Å². The Hall–Kier alpha value is -2.80. The zero-order chi connectivity index (χ0) is 17.5. The molecule has 0 unspecified atom stereocenters. The molecular formula is C20H23N3O. The lowest BCUT2D eigenvalue weighted by Crippen LogP contribution is -2.31. The van der Waals surface area contributed by atoms with E-state index in [-0.39, 0.29) is 5.91 Å². The second-order valence-corrected chi connectivity index (χ2v) is 5.98. The predicted molar refractivity (Wildman–Crippen MR) is 97.0 cm³/mol. The van der Waals surface area contributed by atoms with Gasteiger partial charge in [0.05, 0.1) is 11.6 Å². The molecule has 124 valence electrons. The molecule has 2 aromatic rings. The predicted octanol–water partition coefficient (Wildman–Crippen LogP) is 3.68. The highest BCUT2D eigenvalue weighted by atomic mass is 16.2. The van der Waals surface area contributed by atoms with Crippen LogP contribution in [0.2, 0.25) is 0 Å². The maximum atomic E-state index is 12.9. The summed E-state index contributed by atoms with van der Waals surface area (Å²) in [5.74, 6) is 0.0323. The van der Waals surface area contributed by atoms with Crippen LogP contribution in [-0.4, -0.2) is 31.4 Å². The Labute approximate surface area is 143 Å². The molecule has 4 heteroatoms. The third kappa shape index (κ3) is 4.36. The number of rotatable bonds is 6. The highest BCUT2D eigenvalue weighted by Gasteiger charge is 2.16. The lowest BCUT2D eigenvalue weighted by atomic mass is 10.1. The maximum Gasteiger partial charge on any atom is 0.254 e. The summed E-state index contributed by atoms with van der Waals surface area (Å²) in [7, 11) is 3.92. The molecule has 0 heterocycles. The van der Waals surface area contributed by atoms with Gasteiger partial charge in [-0.25, -0.2) is 0 Å². The number of hydrogen-bond acceptors (Lipinski definition) is 3. The van der Waals surface area contributed by atoms with Crippen LogP contribution in [-0.2, 0) is 6.54 Å². The smallest absolute Gasteiger partial charge is 0.254 e. The van der Waals surface area contributed by atoms with Gasteiger partial charge in [-0.2, -0.15) is 5.26 Å². The fraction of sp³-hybridized carbons (Fsp3) is 0.300. The molecule has 0 saturated heterocycles. The van der Waals surface area contributed by atoms with Gasteiger partial charge in [0.25, 0.3) is 5.91 Å². The van der Waals surface area contributed by atoms with Gasteiger partial charge in [0, 0.05) is 38.4 Å². The van der Waals surface area contributed by atoms with Crippen LogP contribution in [0.1, 0.15) is 34.8 Å². The van der Waals surface area contributed by atoms with Gasteiger partial charge in [0.1, 0.15) is 0 Å². The van der Waals surface area contributed by atoms with E-state index >= 15 is 0 Å². The van der Waals surface area contributed by atoms with Gasteiger partial charge in [0.2, 0.25) is 0 Å². The van der Waals surface area contributed by atoms with E-state index in [1.807, 2.05) is 60.3 Å². The molecule has 2 rings (SSSR count). The number of carbonyl (C=O) groups is 1.